The van der Waals surface area contributed by atoms with E-state index in [0.29, 0.717) is 12.8 Å². The van der Waals surface area contributed by atoms with Crippen molar-refractivity contribution >= 4 is 18.0 Å². The van der Waals surface area contributed by atoms with Crippen LogP contribution < -0.4 is 5.32 Å². The maximum absolute atomic E-state index is 13.0. The van der Waals surface area contributed by atoms with Gasteiger partial charge in [0.15, 0.2) is 0 Å². The number of amides is 2. The van der Waals surface area contributed by atoms with E-state index in [1.807, 2.05) is 0 Å². The number of esters is 1. The van der Waals surface area contributed by atoms with E-state index in [4.69, 9.17) is 14.2 Å². The number of carbonyl (C=O) groups excluding carboxylic acids is 3. The summed E-state index contributed by atoms with van der Waals surface area (Å²) in [6.45, 7) is 5.68. The second kappa shape index (κ2) is 7.27. The summed E-state index contributed by atoms with van der Waals surface area (Å²) in [5, 5.41) is 12.7. The average Bonchev–Trinajstić information content (AvgIpc) is 3.25. The van der Waals surface area contributed by atoms with E-state index in [-0.39, 0.29) is 19.1 Å². The number of ether oxygens (including phenoxy) is 3. The fourth-order valence-corrected chi connectivity index (χ4v) is 4.37. The smallest absolute Gasteiger partial charge is 0.410 e. The third-order valence-corrected chi connectivity index (χ3v) is 5.45. The lowest BCUT2D eigenvalue weighted by Crippen LogP contribution is -2.50. The number of nitrogens with zero attached hydrogens (tertiary/aromatic N) is 1. The van der Waals surface area contributed by atoms with Crippen molar-refractivity contribution in [2.75, 3.05) is 20.3 Å². The maximum Gasteiger partial charge on any atom is 0.410 e. The van der Waals surface area contributed by atoms with Gasteiger partial charge in [-0.1, -0.05) is 0 Å². The molecule has 0 aromatic rings. The predicted molar refractivity (Wildman–Crippen MR) is 92.6 cm³/mol. The number of aliphatic hydroxyl groups excluding tert-OH is 1. The number of hydrogen-bond acceptors (Lipinski definition) is 7. The molecule has 9 heteroatoms. The number of aliphatic hydroxyl groups is 1. The fourth-order valence-electron chi connectivity index (χ4n) is 4.37. The summed E-state index contributed by atoms with van der Waals surface area (Å²) in [5.41, 5.74) is -0.678. The van der Waals surface area contributed by atoms with Crippen LogP contribution in [0.4, 0.5) is 4.79 Å². The zero-order valence-corrected chi connectivity index (χ0v) is 16.1. The summed E-state index contributed by atoms with van der Waals surface area (Å²) >= 11 is 0. The van der Waals surface area contributed by atoms with Crippen LogP contribution in [0.15, 0.2) is 0 Å². The highest BCUT2D eigenvalue weighted by Crippen LogP contribution is 2.47. The topological polar surface area (TPSA) is 114 Å². The van der Waals surface area contributed by atoms with Crippen LogP contribution in [-0.4, -0.2) is 78.1 Å². The zero-order valence-electron chi connectivity index (χ0n) is 16.1. The number of methoxy groups -OCH3 is 1. The van der Waals surface area contributed by atoms with E-state index in [0.717, 1.165) is 0 Å². The highest BCUT2D eigenvalue weighted by molar-refractivity contribution is 5.89. The molecule has 0 saturated carbocycles. The van der Waals surface area contributed by atoms with Crippen molar-refractivity contribution in [3.05, 3.63) is 0 Å². The van der Waals surface area contributed by atoms with Crippen LogP contribution in [0.1, 0.15) is 33.6 Å². The maximum atomic E-state index is 13.0. The molecule has 3 saturated heterocycles. The summed E-state index contributed by atoms with van der Waals surface area (Å²) in [5.74, 6) is -2.38. The molecule has 0 aromatic heterocycles. The summed E-state index contributed by atoms with van der Waals surface area (Å²) in [6, 6.07) is -1.39. The molecular formula is C18H28N2O7. The molecule has 0 aromatic carbocycles. The first kappa shape index (κ1) is 19.9. The van der Waals surface area contributed by atoms with Gasteiger partial charge in [-0.25, -0.2) is 4.79 Å². The first-order valence-corrected chi connectivity index (χ1v) is 9.29. The summed E-state index contributed by atoms with van der Waals surface area (Å²) in [7, 11) is 1.27. The van der Waals surface area contributed by atoms with Crippen LogP contribution in [0, 0.1) is 11.8 Å². The van der Waals surface area contributed by atoms with Gasteiger partial charge in [0.05, 0.1) is 44.3 Å². The minimum absolute atomic E-state index is 0.159. The molecule has 0 spiro atoms. The summed E-state index contributed by atoms with van der Waals surface area (Å²) < 4.78 is 15.6. The number of rotatable bonds is 3. The van der Waals surface area contributed by atoms with E-state index < -0.39 is 53.7 Å². The molecule has 3 aliphatic rings. The molecule has 6 atom stereocenters. The Morgan fingerprint density at radius 3 is 2.26 bits per heavy atom. The molecule has 2 amide bonds. The molecule has 152 valence electrons. The molecule has 0 radical (unpaired) electrons. The average molecular weight is 384 g/mol. The molecule has 9 nitrogen and oxygen atoms in total. The van der Waals surface area contributed by atoms with Crippen LogP contribution in [-0.2, 0) is 23.8 Å². The van der Waals surface area contributed by atoms with Crippen LogP contribution in [0.25, 0.3) is 0 Å². The molecule has 27 heavy (non-hydrogen) atoms. The van der Waals surface area contributed by atoms with Crippen molar-refractivity contribution in [3.8, 4) is 0 Å². The van der Waals surface area contributed by atoms with Crippen LogP contribution >= 0.6 is 0 Å². The third kappa shape index (κ3) is 3.75. The molecule has 3 heterocycles. The van der Waals surface area contributed by atoms with Gasteiger partial charge in [-0.2, -0.15) is 0 Å². The standard InChI is InChI=1S/C18H28N2O7/c1-18(2,3)27-17(24)20-10-5-6-11(20)14(16(23)25-4)13(10)15(22)19-9-7-26-8-12(9)21/h9-14,21H,5-8H2,1-4H3,(H,19,22)/t9-,10+,11+,12-,13+,14-/m1/s1. The molecule has 3 fully saturated rings. The van der Waals surface area contributed by atoms with Crippen molar-refractivity contribution in [1.29, 1.82) is 0 Å². The molecular weight excluding hydrogens is 356 g/mol. The lowest BCUT2D eigenvalue weighted by Gasteiger charge is -2.28. The van der Waals surface area contributed by atoms with Gasteiger partial charge < -0.3 is 29.5 Å². The first-order valence-electron chi connectivity index (χ1n) is 9.29. The van der Waals surface area contributed by atoms with Crippen molar-refractivity contribution in [1.82, 2.24) is 10.2 Å². The quantitative estimate of drug-likeness (QED) is 0.661. The third-order valence-electron chi connectivity index (χ3n) is 5.45. The van der Waals surface area contributed by atoms with E-state index >= 15 is 0 Å². The Morgan fingerprint density at radius 1 is 1.11 bits per heavy atom. The van der Waals surface area contributed by atoms with Gasteiger partial charge in [0.1, 0.15) is 5.60 Å². The number of nitrogens with one attached hydrogen (secondary N) is 1. The highest BCUT2D eigenvalue weighted by atomic mass is 16.6. The molecule has 2 bridgehead atoms. The van der Waals surface area contributed by atoms with Crippen molar-refractivity contribution in [2.24, 2.45) is 11.8 Å². The molecule has 0 unspecified atom stereocenters. The van der Waals surface area contributed by atoms with E-state index in [2.05, 4.69) is 5.32 Å². The summed E-state index contributed by atoms with van der Waals surface area (Å²) in [6.07, 6.45) is -0.0866. The normalized spacial score (nSPS) is 35.2. The van der Waals surface area contributed by atoms with Gasteiger partial charge >= 0.3 is 12.1 Å². The Labute approximate surface area is 158 Å². The Bertz CT molecular complexity index is 617. The second-order valence-corrected chi connectivity index (χ2v) is 8.39. The largest absolute Gasteiger partial charge is 0.469 e. The van der Waals surface area contributed by atoms with Crippen molar-refractivity contribution in [2.45, 2.75) is 63.4 Å². The number of fused-ring (bicyclic) bond motifs is 2. The lowest BCUT2D eigenvalue weighted by molar-refractivity contribution is -0.151. The minimum Gasteiger partial charge on any atom is -0.469 e. The SMILES string of the molecule is COC(=O)[C@H]1[C@@H](C(=O)N[C@@H]2COC[C@H]2O)[C@@H]2CC[C@@H]1N2C(=O)OC(C)(C)C. The second-order valence-electron chi connectivity index (χ2n) is 8.39. The summed E-state index contributed by atoms with van der Waals surface area (Å²) in [4.78, 5) is 39.6. The van der Waals surface area contributed by atoms with Gasteiger partial charge in [-0.15, -0.1) is 0 Å². The van der Waals surface area contributed by atoms with Crippen molar-refractivity contribution < 1.29 is 33.7 Å². The lowest BCUT2D eigenvalue weighted by atomic mass is 9.78. The van der Waals surface area contributed by atoms with Crippen LogP contribution in [0.2, 0.25) is 0 Å². The van der Waals surface area contributed by atoms with Crippen LogP contribution in [0.5, 0.6) is 0 Å². The van der Waals surface area contributed by atoms with E-state index in [9.17, 15) is 19.5 Å². The minimum atomic E-state index is -0.786. The molecule has 0 aliphatic carbocycles. The van der Waals surface area contributed by atoms with Gasteiger partial charge in [0.2, 0.25) is 5.91 Å². The van der Waals surface area contributed by atoms with Gasteiger partial charge in [0.25, 0.3) is 0 Å². The molecule has 2 N–H and O–H groups in total. The van der Waals surface area contributed by atoms with Gasteiger partial charge in [0, 0.05) is 12.1 Å². The monoisotopic (exact) mass is 384 g/mol. The Morgan fingerprint density at radius 2 is 1.74 bits per heavy atom. The van der Waals surface area contributed by atoms with Crippen molar-refractivity contribution in [3.63, 3.8) is 0 Å². The Kier molecular flexibility index (Phi) is 5.36. The highest BCUT2D eigenvalue weighted by Gasteiger charge is 2.61. The van der Waals surface area contributed by atoms with E-state index in [1.165, 1.54) is 12.0 Å². The van der Waals surface area contributed by atoms with Gasteiger partial charge in [-0.05, 0) is 33.6 Å². The molecule has 3 rings (SSSR count). The zero-order chi connectivity index (χ0) is 19.9. The number of hydrogen-bond donors (Lipinski definition) is 2. The van der Waals surface area contributed by atoms with Crippen LogP contribution in [0.3, 0.4) is 0 Å². The Balaban J connectivity index is 1.82. The fraction of sp³-hybridized carbons (Fsp3) is 0.833. The van der Waals surface area contributed by atoms with E-state index in [1.54, 1.807) is 20.8 Å². The predicted octanol–water partition coefficient (Wildman–Crippen LogP) is 0.0494. The Hall–Kier alpha value is -1.87. The number of carbonyl (C=O) groups is 3. The first-order chi connectivity index (χ1) is 12.6. The molecule has 3 aliphatic heterocycles. The van der Waals surface area contributed by atoms with Gasteiger partial charge in [-0.3, -0.25) is 9.59 Å².